The summed E-state index contributed by atoms with van der Waals surface area (Å²) < 4.78 is 4.75. The van der Waals surface area contributed by atoms with Gasteiger partial charge in [-0.05, 0) is 43.1 Å². The molecule has 0 amide bonds. The number of hydrogen-bond donors (Lipinski definition) is 0. The summed E-state index contributed by atoms with van der Waals surface area (Å²) in [5, 5.41) is 0. The second-order valence-corrected chi connectivity index (χ2v) is 2.81. The Kier molecular flexibility index (Phi) is 10.1. The summed E-state index contributed by atoms with van der Waals surface area (Å²) in [5.74, 6) is 15.5. The highest BCUT2D eigenvalue weighted by Crippen LogP contribution is 1.86. The van der Waals surface area contributed by atoms with Crippen molar-refractivity contribution in [3.8, 4) is 35.5 Å². The molecule has 0 spiro atoms. The molecule has 0 aliphatic rings. The van der Waals surface area contributed by atoms with Gasteiger partial charge in [-0.1, -0.05) is 30.1 Å². The van der Waals surface area contributed by atoms with E-state index in [9.17, 15) is 4.79 Å². The van der Waals surface area contributed by atoms with Gasteiger partial charge >= 0.3 is 5.97 Å². The minimum atomic E-state index is -0.256. The van der Waals surface area contributed by atoms with E-state index in [0.29, 0.717) is 13.0 Å². The Labute approximate surface area is 103 Å². The zero-order valence-corrected chi connectivity index (χ0v) is 10.0. The average molecular weight is 226 g/mol. The predicted molar refractivity (Wildman–Crippen MR) is 68.5 cm³/mol. The van der Waals surface area contributed by atoms with E-state index in [2.05, 4.69) is 35.5 Å². The molecule has 2 nitrogen and oxygen atoms in total. The molecule has 0 aromatic heterocycles. The van der Waals surface area contributed by atoms with Gasteiger partial charge in [-0.2, -0.15) is 0 Å². The number of carbonyl (C=O) groups is 1. The Balaban J connectivity index is 3.73. The van der Waals surface area contributed by atoms with Gasteiger partial charge in [0.25, 0.3) is 0 Å². The molecule has 0 aliphatic heterocycles. The maximum Gasteiger partial charge on any atom is 0.302 e. The lowest BCUT2D eigenvalue weighted by atomic mass is 10.3. The molecule has 0 fully saturated rings. The standard InChI is InChI=1S/C15H14O2/c1-3-4-5-6-7-8-9-10-11-12-13-14-17-15(2)16/h9-12H,13-14H2,1-2H3. The molecule has 0 rings (SSSR count). The van der Waals surface area contributed by atoms with Crippen molar-refractivity contribution in [2.24, 2.45) is 0 Å². The number of rotatable bonds is 4. The van der Waals surface area contributed by atoms with Gasteiger partial charge in [-0.25, -0.2) is 0 Å². The number of allylic oxidation sites excluding steroid dienone is 3. The van der Waals surface area contributed by atoms with Crippen LogP contribution in [0.15, 0.2) is 24.3 Å². The first-order valence-electron chi connectivity index (χ1n) is 5.14. The molecule has 0 aromatic carbocycles. The van der Waals surface area contributed by atoms with E-state index < -0.39 is 0 Å². The average Bonchev–Trinajstić information content (AvgIpc) is 2.30. The lowest BCUT2D eigenvalue weighted by molar-refractivity contribution is -0.140. The summed E-state index contributed by atoms with van der Waals surface area (Å²) >= 11 is 0. The molecule has 17 heavy (non-hydrogen) atoms. The molecule has 0 heterocycles. The molecular weight excluding hydrogens is 212 g/mol. The minimum Gasteiger partial charge on any atom is -0.466 e. The molecule has 0 N–H and O–H groups in total. The van der Waals surface area contributed by atoms with Gasteiger partial charge in [0.15, 0.2) is 0 Å². The molecule has 0 saturated carbocycles. The predicted octanol–water partition coefficient (Wildman–Crippen LogP) is 2.08. The van der Waals surface area contributed by atoms with Crippen molar-refractivity contribution in [3.05, 3.63) is 24.3 Å². The summed E-state index contributed by atoms with van der Waals surface area (Å²) in [7, 11) is 0. The van der Waals surface area contributed by atoms with Crippen molar-refractivity contribution in [2.45, 2.75) is 20.3 Å². The normalized spacial score (nSPS) is 8.59. The highest BCUT2D eigenvalue weighted by molar-refractivity contribution is 5.65. The molecule has 2 heteroatoms. The monoisotopic (exact) mass is 226 g/mol. The second-order valence-electron chi connectivity index (χ2n) is 2.81. The lowest BCUT2D eigenvalue weighted by Crippen LogP contribution is -1.98. The van der Waals surface area contributed by atoms with E-state index in [1.807, 2.05) is 12.2 Å². The Morgan fingerprint density at radius 3 is 2.65 bits per heavy atom. The Bertz CT molecular complexity index is 462. The first-order valence-corrected chi connectivity index (χ1v) is 5.14. The van der Waals surface area contributed by atoms with Crippen molar-refractivity contribution >= 4 is 5.97 Å². The fourth-order valence-corrected chi connectivity index (χ4v) is 0.752. The van der Waals surface area contributed by atoms with E-state index in [0.717, 1.165) is 0 Å². The zero-order valence-electron chi connectivity index (χ0n) is 10.0. The van der Waals surface area contributed by atoms with E-state index >= 15 is 0 Å². The van der Waals surface area contributed by atoms with Crippen LogP contribution in [-0.4, -0.2) is 12.6 Å². The maximum atomic E-state index is 10.4. The third-order valence-electron chi connectivity index (χ3n) is 1.40. The van der Waals surface area contributed by atoms with E-state index in [-0.39, 0.29) is 5.97 Å². The van der Waals surface area contributed by atoms with Crippen LogP contribution in [0.1, 0.15) is 20.3 Å². The van der Waals surface area contributed by atoms with Crippen LogP contribution in [0.2, 0.25) is 0 Å². The van der Waals surface area contributed by atoms with Crippen LogP contribution in [0.25, 0.3) is 0 Å². The zero-order chi connectivity index (χ0) is 12.8. The molecule has 0 saturated heterocycles. The SMILES string of the molecule is CC#CC#CC#CC=CC=CCCOC(C)=O. The fraction of sp³-hybridized carbons (Fsp3) is 0.267. The summed E-state index contributed by atoms with van der Waals surface area (Å²) in [6.07, 6.45) is 7.93. The molecule has 0 atom stereocenters. The van der Waals surface area contributed by atoms with Gasteiger partial charge in [0.1, 0.15) is 0 Å². The van der Waals surface area contributed by atoms with Crippen molar-refractivity contribution in [1.82, 2.24) is 0 Å². The highest BCUT2D eigenvalue weighted by atomic mass is 16.5. The quantitative estimate of drug-likeness (QED) is 0.317. The molecule has 86 valence electrons. The van der Waals surface area contributed by atoms with Gasteiger partial charge in [-0.15, -0.1) is 0 Å². The number of esters is 1. The van der Waals surface area contributed by atoms with Crippen LogP contribution >= 0.6 is 0 Å². The number of hydrogen-bond acceptors (Lipinski definition) is 2. The van der Waals surface area contributed by atoms with E-state index in [4.69, 9.17) is 4.74 Å². The lowest BCUT2D eigenvalue weighted by Gasteiger charge is -1.95. The van der Waals surface area contributed by atoms with Crippen LogP contribution in [0, 0.1) is 35.5 Å². The largest absolute Gasteiger partial charge is 0.466 e. The van der Waals surface area contributed by atoms with E-state index in [1.54, 1.807) is 19.1 Å². The van der Waals surface area contributed by atoms with Crippen LogP contribution in [0.5, 0.6) is 0 Å². The van der Waals surface area contributed by atoms with Gasteiger partial charge in [-0.3, -0.25) is 4.79 Å². The fourth-order valence-electron chi connectivity index (χ4n) is 0.752. The van der Waals surface area contributed by atoms with Crippen molar-refractivity contribution < 1.29 is 9.53 Å². The topological polar surface area (TPSA) is 26.3 Å². The first-order chi connectivity index (χ1) is 8.27. The van der Waals surface area contributed by atoms with Gasteiger partial charge in [0.2, 0.25) is 0 Å². The van der Waals surface area contributed by atoms with Crippen LogP contribution in [0.4, 0.5) is 0 Å². The van der Waals surface area contributed by atoms with E-state index in [1.165, 1.54) is 6.92 Å². The molecule has 0 radical (unpaired) electrons. The molecule has 0 unspecified atom stereocenters. The van der Waals surface area contributed by atoms with Gasteiger partial charge in [0.05, 0.1) is 6.61 Å². The summed E-state index contributed by atoms with van der Waals surface area (Å²) in [6.45, 7) is 3.53. The van der Waals surface area contributed by atoms with Gasteiger partial charge < -0.3 is 4.74 Å². The molecular formula is C15H14O2. The highest BCUT2D eigenvalue weighted by Gasteiger charge is 1.87. The Hall–Kier alpha value is -2.37. The molecule has 0 aliphatic carbocycles. The summed E-state index contributed by atoms with van der Waals surface area (Å²) in [6, 6.07) is 0. The van der Waals surface area contributed by atoms with Crippen molar-refractivity contribution in [2.75, 3.05) is 6.61 Å². The smallest absolute Gasteiger partial charge is 0.302 e. The van der Waals surface area contributed by atoms with Crippen molar-refractivity contribution in [1.29, 1.82) is 0 Å². The van der Waals surface area contributed by atoms with Crippen molar-refractivity contribution in [3.63, 3.8) is 0 Å². The third kappa shape index (κ3) is 13.6. The molecule has 0 aromatic rings. The van der Waals surface area contributed by atoms with Crippen LogP contribution < -0.4 is 0 Å². The first kappa shape index (κ1) is 14.6. The van der Waals surface area contributed by atoms with Crippen LogP contribution in [-0.2, 0) is 9.53 Å². The number of carbonyl (C=O) groups excluding carboxylic acids is 1. The molecule has 0 bridgehead atoms. The Morgan fingerprint density at radius 2 is 1.94 bits per heavy atom. The second kappa shape index (κ2) is 11.7. The maximum absolute atomic E-state index is 10.4. The van der Waals surface area contributed by atoms with Crippen LogP contribution in [0.3, 0.4) is 0 Å². The number of ether oxygens (including phenoxy) is 1. The summed E-state index contributed by atoms with van der Waals surface area (Å²) in [4.78, 5) is 10.4. The third-order valence-corrected chi connectivity index (χ3v) is 1.40. The Morgan fingerprint density at radius 1 is 1.18 bits per heavy atom. The minimum absolute atomic E-state index is 0.256. The van der Waals surface area contributed by atoms with Gasteiger partial charge in [0, 0.05) is 6.92 Å². The summed E-state index contributed by atoms with van der Waals surface area (Å²) in [5.41, 5.74) is 0.